The van der Waals surface area contributed by atoms with E-state index in [2.05, 4.69) is 0 Å². The number of ether oxygens (including phenoxy) is 3. The van der Waals surface area contributed by atoms with Gasteiger partial charge in [-0.05, 0) is 54.9 Å². The molecular weight excluding hydrogens is 504 g/mol. The first-order valence-corrected chi connectivity index (χ1v) is 12.8. The average molecular weight is 531 g/mol. The van der Waals surface area contributed by atoms with Crippen molar-refractivity contribution in [2.24, 2.45) is 0 Å². The third-order valence-corrected chi connectivity index (χ3v) is 6.85. The van der Waals surface area contributed by atoms with Crippen LogP contribution in [0.3, 0.4) is 0 Å². The van der Waals surface area contributed by atoms with Crippen LogP contribution in [0.4, 0.5) is 4.79 Å². The molecule has 0 aromatic heterocycles. The maximum absolute atomic E-state index is 12.9. The fraction of sp³-hybridized carbons (Fsp3) is 0.346. The monoisotopic (exact) mass is 530 g/mol. The first-order valence-electron chi connectivity index (χ1n) is 11.6. The van der Waals surface area contributed by atoms with Crippen LogP contribution in [0.2, 0.25) is 5.02 Å². The molecule has 0 spiro atoms. The SMILES string of the molecule is CCOc1cc(/C=C2\SC(=O)N(CC(=O)N3CCOCC3)C2=O)cc(Cl)c1OCc1ccc(C)cc1. The quantitative estimate of drug-likeness (QED) is 0.464. The molecule has 0 unspecified atom stereocenters. The summed E-state index contributed by atoms with van der Waals surface area (Å²) >= 11 is 7.32. The predicted molar refractivity (Wildman–Crippen MR) is 138 cm³/mol. The Morgan fingerprint density at radius 3 is 2.56 bits per heavy atom. The highest BCUT2D eigenvalue weighted by Crippen LogP contribution is 2.39. The van der Waals surface area contributed by atoms with Crippen molar-refractivity contribution in [1.82, 2.24) is 9.80 Å². The lowest BCUT2D eigenvalue weighted by molar-refractivity contribution is -0.139. The van der Waals surface area contributed by atoms with E-state index in [0.29, 0.717) is 61.6 Å². The summed E-state index contributed by atoms with van der Waals surface area (Å²) in [5, 5.41) is -0.164. The van der Waals surface area contributed by atoms with Crippen molar-refractivity contribution < 1.29 is 28.6 Å². The maximum atomic E-state index is 12.9. The number of thioether (sulfide) groups is 1. The zero-order chi connectivity index (χ0) is 25.7. The molecular formula is C26H27ClN2O6S. The molecule has 190 valence electrons. The summed E-state index contributed by atoms with van der Waals surface area (Å²) in [6.07, 6.45) is 1.57. The van der Waals surface area contributed by atoms with Crippen LogP contribution in [-0.4, -0.2) is 66.3 Å². The van der Waals surface area contributed by atoms with Gasteiger partial charge in [0.25, 0.3) is 11.1 Å². The van der Waals surface area contributed by atoms with Crippen LogP contribution in [0.15, 0.2) is 41.3 Å². The number of benzene rings is 2. The third kappa shape index (κ3) is 6.21. The minimum Gasteiger partial charge on any atom is -0.490 e. The molecule has 0 bridgehead atoms. The largest absolute Gasteiger partial charge is 0.490 e. The minimum absolute atomic E-state index is 0.210. The summed E-state index contributed by atoms with van der Waals surface area (Å²) in [5.74, 6) is 0.0459. The van der Waals surface area contributed by atoms with E-state index in [1.807, 2.05) is 38.1 Å². The number of amides is 3. The van der Waals surface area contributed by atoms with Crippen LogP contribution in [-0.2, 0) is 20.9 Å². The molecule has 2 saturated heterocycles. The van der Waals surface area contributed by atoms with E-state index >= 15 is 0 Å². The number of hydrogen-bond acceptors (Lipinski definition) is 7. The Kier molecular flexibility index (Phi) is 8.56. The van der Waals surface area contributed by atoms with Crippen LogP contribution in [0, 0.1) is 6.92 Å². The van der Waals surface area contributed by atoms with Gasteiger partial charge in [0.05, 0.1) is 29.7 Å². The molecule has 0 radical (unpaired) electrons. The van der Waals surface area contributed by atoms with Crippen LogP contribution >= 0.6 is 23.4 Å². The minimum atomic E-state index is -0.514. The molecule has 0 aliphatic carbocycles. The van der Waals surface area contributed by atoms with Gasteiger partial charge in [0.1, 0.15) is 13.2 Å². The first kappa shape index (κ1) is 26.1. The van der Waals surface area contributed by atoms with Gasteiger partial charge in [-0.2, -0.15) is 0 Å². The summed E-state index contributed by atoms with van der Waals surface area (Å²) in [7, 11) is 0. The van der Waals surface area contributed by atoms with Gasteiger partial charge in [0.15, 0.2) is 11.5 Å². The highest BCUT2D eigenvalue weighted by atomic mass is 35.5. The molecule has 2 aliphatic rings. The lowest BCUT2D eigenvalue weighted by Crippen LogP contribution is -2.46. The van der Waals surface area contributed by atoms with Gasteiger partial charge in [0, 0.05) is 13.1 Å². The van der Waals surface area contributed by atoms with Gasteiger partial charge in [-0.3, -0.25) is 19.3 Å². The Bertz CT molecular complexity index is 1180. The van der Waals surface area contributed by atoms with Crippen LogP contribution in [0.25, 0.3) is 6.08 Å². The number of imide groups is 1. The Morgan fingerprint density at radius 1 is 1.14 bits per heavy atom. The Labute approximate surface area is 219 Å². The second-order valence-corrected chi connectivity index (χ2v) is 9.70. The highest BCUT2D eigenvalue weighted by molar-refractivity contribution is 8.18. The van der Waals surface area contributed by atoms with Crippen molar-refractivity contribution >= 4 is 46.5 Å². The van der Waals surface area contributed by atoms with E-state index in [9.17, 15) is 14.4 Å². The normalized spacial score (nSPS) is 17.1. The van der Waals surface area contributed by atoms with Crippen molar-refractivity contribution in [3.63, 3.8) is 0 Å². The number of hydrogen-bond donors (Lipinski definition) is 0. The second-order valence-electron chi connectivity index (χ2n) is 8.30. The molecule has 0 saturated carbocycles. The number of aryl methyl sites for hydroxylation is 1. The Balaban J connectivity index is 1.50. The second kappa shape index (κ2) is 11.8. The van der Waals surface area contributed by atoms with E-state index in [1.165, 1.54) is 0 Å². The van der Waals surface area contributed by atoms with Crippen LogP contribution in [0.5, 0.6) is 11.5 Å². The van der Waals surface area contributed by atoms with Gasteiger partial charge < -0.3 is 19.1 Å². The van der Waals surface area contributed by atoms with Gasteiger partial charge in [0.2, 0.25) is 5.91 Å². The zero-order valence-electron chi connectivity index (χ0n) is 20.1. The molecule has 0 N–H and O–H groups in total. The maximum Gasteiger partial charge on any atom is 0.294 e. The lowest BCUT2D eigenvalue weighted by atomic mass is 10.1. The molecule has 2 aromatic rings. The molecule has 4 rings (SSSR count). The van der Waals surface area contributed by atoms with Crippen LogP contribution < -0.4 is 9.47 Å². The van der Waals surface area contributed by atoms with E-state index in [0.717, 1.165) is 27.8 Å². The topological polar surface area (TPSA) is 85.4 Å². The summed E-state index contributed by atoms with van der Waals surface area (Å²) in [6, 6.07) is 11.4. The number of carbonyl (C=O) groups excluding carboxylic acids is 3. The smallest absolute Gasteiger partial charge is 0.294 e. The van der Waals surface area contributed by atoms with E-state index in [4.69, 9.17) is 25.8 Å². The number of carbonyl (C=O) groups is 3. The Morgan fingerprint density at radius 2 is 1.86 bits per heavy atom. The van der Waals surface area contributed by atoms with Crippen molar-refractivity contribution in [3.8, 4) is 11.5 Å². The number of nitrogens with zero attached hydrogens (tertiary/aromatic N) is 2. The fourth-order valence-corrected chi connectivity index (χ4v) is 4.86. The fourth-order valence-electron chi connectivity index (χ4n) is 3.75. The lowest BCUT2D eigenvalue weighted by Gasteiger charge is -2.28. The van der Waals surface area contributed by atoms with Crippen LogP contribution in [0.1, 0.15) is 23.6 Å². The summed E-state index contributed by atoms with van der Waals surface area (Å²) in [5.41, 5.74) is 2.73. The summed E-state index contributed by atoms with van der Waals surface area (Å²) < 4.78 is 17.0. The number of morpholine rings is 1. The van der Waals surface area contributed by atoms with Gasteiger partial charge in [-0.15, -0.1) is 0 Å². The van der Waals surface area contributed by atoms with E-state index in [1.54, 1.807) is 23.1 Å². The van der Waals surface area contributed by atoms with Crippen molar-refractivity contribution in [1.29, 1.82) is 0 Å². The molecule has 2 fully saturated rings. The standard InChI is InChI=1S/C26H27ClN2O6S/c1-3-34-21-13-19(12-20(27)24(21)35-16-18-6-4-17(2)5-7-18)14-22-25(31)29(26(32)36-22)15-23(30)28-8-10-33-11-9-28/h4-7,12-14H,3,8-11,15-16H2,1-2H3/b22-14-. The Hall–Kier alpha value is -3.01. The molecule has 2 heterocycles. The molecule has 36 heavy (non-hydrogen) atoms. The summed E-state index contributed by atoms with van der Waals surface area (Å²) in [4.78, 5) is 40.7. The van der Waals surface area contributed by atoms with E-state index in [-0.39, 0.29) is 17.4 Å². The van der Waals surface area contributed by atoms with Gasteiger partial charge >= 0.3 is 0 Å². The summed E-state index contributed by atoms with van der Waals surface area (Å²) in [6.45, 7) is 6.06. The number of rotatable bonds is 8. The molecule has 8 nitrogen and oxygen atoms in total. The average Bonchev–Trinajstić information content (AvgIpc) is 3.12. The molecule has 0 atom stereocenters. The van der Waals surface area contributed by atoms with E-state index < -0.39 is 11.1 Å². The molecule has 2 aromatic carbocycles. The van der Waals surface area contributed by atoms with Gasteiger partial charge in [-0.25, -0.2) is 0 Å². The molecule has 10 heteroatoms. The first-order chi connectivity index (χ1) is 17.4. The number of halogens is 1. The third-order valence-electron chi connectivity index (χ3n) is 5.66. The van der Waals surface area contributed by atoms with Crippen molar-refractivity contribution in [3.05, 3.63) is 63.0 Å². The predicted octanol–water partition coefficient (Wildman–Crippen LogP) is 4.52. The molecule has 2 aliphatic heterocycles. The molecule has 3 amide bonds. The highest BCUT2D eigenvalue weighted by Gasteiger charge is 2.37. The van der Waals surface area contributed by atoms with Crippen molar-refractivity contribution in [2.45, 2.75) is 20.5 Å². The van der Waals surface area contributed by atoms with Crippen molar-refractivity contribution in [2.75, 3.05) is 39.5 Å². The van der Waals surface area contributed by atoms with Gasteiger partial charge in [-0.1, -0.05) is 41.4 Å². The zero-order valence-corrected chi connectivity index (χ0v) is 21.7.